The fourth-order valence-corrected chi connectivity index (χ4v) is 4.44. The average Bonchev–Trinajstić information content (AvgIpc) is 2.16. The second-order valence-corrected chi connectivity index (χ2v) is 8.99. The largest absolute Gasteiger partial charge is 0.437 e. The molecule has 0 amide bonds. The zero-order chi connectivity index (χ0) is 9.73. The summed E-state index contributed by atoms with van der Waals surface area (Å²) in [7, 11) is -0.718. The molecule has 1 rings (SSSR count). The highest BCUT2D eigenvalue weighted by molar-refractivity contribution is 6.86. The summed E-state index contributed by atoms with van der Waals surface area (Å²) in [5.41, 5.74) is 0. The third-order valence-corrected chi connectivity index (χ3v) is 7.32. The molecule has 0 saturated carbocycles. The molecule has 0 unspecified atom stereocenters. The molecule has 0 radical (unpaired) electrons. The van der Waals surface area contributed by atoms with Gasteiger partial charge in [-0.2, -0.15) is 0 Å². The van der Waals surface area contributed by atoms with Crippen molar-refractivity contribution in [1.29, 1.82) is 0 Å². The summed E-state index contributed by atoms with van der Waals surface area (Å²) in [5.74, 6) is 0. The standard InChI is InChI=1S/C9H16O2Si2/c1-10-12-11-13(2,3)9-7-5-4-6-8-9/h4-8H,12H2,1-3H3. The fraction of sp³-hybridized carbons (Fsp3) is 0.333. The van der Waals surface area contributed by atoms with Crippen LogP contribution in [0.15, 0.2) is 30.3 Å². The maximum atomic E-state index is 5.82. The zero-order valence-corrected chi connectivity index (χ0v) is 10.8. The lowest BCUT2D eigenvalue weighted by Crippen LogP contribution is -2.45. The molecule has 0 heterocycles. The van der Waals surface area contributed by atoms with E-state index in [4.69, 9.17) is 8.54 Å². The summed E-state index contributed by atoms with van der Waals surface area (Å²) in [6.07, 6.45) is 0. The molecular formula is C9H16O2Si2. The molecule has 0 fully saturated rings. The predicted molar refractivity (Wildman–Crippen MR) is 60.2 cm³/mol. The molecule has 0 aliphatic carbocycles. The first kappa shape index (κ1) is 10.7. The van der Waals surface area contributed by atoms with Gasteiger partial charge in [-0.15, -0.1) is 0 Å². The van der Waals surface area contributed by atoms with Crippen LogP contribution in [-0.4, -0.2) is 25.4 Å². The van der Waals surface area contributed by atoms with Gasteiger partial charge in [-0.05, 0) is 18.3 Å². The molecule has 0 aromatic heterocycles. The Morgan fingerprint density at radius 3 is 2.31 bits per heavy atom. The van der Waals surface area contributed by atoms with E-state index in [0.717, 1.165) is 0 Å². The molecule has 0 saturated heterocycles. The van der Waals surface area contributed by atoms with E-state index in [1.807, 2.05) is 6.07 Å². The number of rotatable bonds is 4. The van der Waals surface area contributed by atoms with Gasteiger partial charge >= 0.3 is 0 Å². The van der Waals surface area contributed by atoms with Gasteiger partial charge < -0.3 is 8.54 Å². The average molecular weight is 212 g/mol. The van der Waals surface area contributed by atoms with Gasteiger partial charge in [0, 0.05) is 7.11 Å². The Labute approximate surface area is 83.1 Å². The molecule has 72 valence electrons. The Kier molecular flexibility index (Phi) is 3.86. The van der Waals surface area contributed by atoms with E-state index >= 15 is 0 Å². The second kappa shape index (κ2) is 4.71. The van der Waals surface area contributed by atoms with Crippen LogP contribution in [0.4, 0.5) is 0 Å². The van der Waals surface area contributed by atoms with Crippen molar-refractivity contribution in [2.24, 2.45) is 0 Å². The maximum absolute atomic E-state index is 5.82. The lowest BCUT2D eigenvalue weighted by Gasteiger charge is -2.22. The van der Waals surface area contributed by atoms with Crippen molar-refractivity contribution in [3.8, 4) is 0 Å². The van der Waals surface area contributed by atoms with Crippen LogP contribution in [0.5, 0.6) is 0 Å². The predicted octanol–water partition coefficient (Wildman–Crippen LogP) is 0.760. The minimum Gasteiger partial charge on any atom is -0.437 e. The molecule has 0 aliphatic heterocycles. The minimum atomic E-state index is -1.66. The van der Waals surface area contributed by atoms with Crippen LogP contribution >= 0.6 is 0 Å². The molecular weight excluding hydrogens is 196 g/mol. The molecule has 1 aromatic rings. The van der Waals surface area contributed by atoms with Crippen LogP contribution in [0.2, 0.25) is 13.1 Å². The van der Waals surface area contributed by atoms with Crippen molar-refractivity contribution in [1.82, 2.24) is 0 Å². The Bertz CT molecular complexity index is 249. The van der Waals surface area contributed by atoms with Gasteiger partial charge in [0.1, 0.15) is 0 Å². The number of hydrogen-bond acceptors (Lipinski definition) is 2. The van der Waals surface area contributed by atoms with Gasteiger partial charge in [0.2, 0.25) is 8.32 Å². The number of hydrogen-bond donors (Lipinski definition) is 0. The van der Waals surface area contributed by atoms with Crippen LogP contribution in [0, 0.1) is 0 Å². The molecule has 13 heavy (non-hydrogen) atoms. The van der Waals surface area contributed by atoms with Gasteiger partial charge in [-0.25, -0.2) is 0 Å². The smallest absolute Gasteiger partial charge is 0.294 e. The first-order valence-corrected chi connectivity index (χ1v) is 8.41. The number of benzene rings is 1. The zero-order valence-electron chi connectivity index (χ0n) is 8.41. The van der Waals surface area contributed by atoms with Gasteiger partial charge in [-0.1, -0.05) is 30.3 Å². The Hall–Kier alpha value is -0.426. The van der Waals surface area contributed by atoms with Crippen LogP contribution < -0.4 is 5.19 Å². The van der Waals surface area contributed by atoms with Crippen molar-refractivity contribution in [2.75, 3.05) is 7.11 Å². The summed E-state index contributed by atoms with van der Waals surface area (Å²) < 4.78 is 10.9. The van der Waals surface area contributed by atoms with Gasteiger partial charge in [0.25, 0.3) is 10.0 Å². The highest BCUT2D eigenvalue weighted by atomic mass is 28.4. The van der Waals surface area contributed by atoms with E-state index < -0.39 is 18.3 Å². The highest BCUT2D eigenvalue weighted by Gasteiger charge is 2.24. The normalized spacial score (nSPS) is 12.5. The monoisotopic (exact) mass is 212 g/mol. The molecule has 2 nitrogen and oxygen atoms in total. The summed E-state index contributed by atoms with van der Waals surface area (Å²) >= 11 is 0. The summed E-state index contributed by atoms with van der Waals surface area (Å²) in [5, 5.41) is 1.33. The maximum Gasteiger partial charge on any atom is 0.294 e. The third kappa shape index (κ3) is 3.07. The van der Waals surface area contributed by atoms with E-state index in [2.05, 4.69) is 37.4 Å². The van der Waals surface area contributed by atoms with Gasteiger partial charge in [0.15, 0.2) is 0 Å². The molecule has 0 spiro atoms. The Balaban J connectivity index is 2.69. The van der Waals surface area contributed by atoms with E-state index in [9.17, 15) is 0 Å². The van der Waals surface area contributed by atoms with Crippen LogP contribution in [0.1, 0.15) is 0 Å². The first-order chi connectivity index (χ1) is 6.17. The van der Waals surface area contributed by atoms with Crippen molar-refractivity contribution in [2.45, 2.75) is 13.1 Å². The van der Waals surface area contributed by atoms with Crippen molar-refractivity contribution in [3.63, 3.8) is 0 Å². The van der Waals surface area contributed by atoms with E-state index in [1.165, 1.54) is 5.19 Å². The third-order valence-electron chi connectivity index (χ3n) is 2.01. The Morgan fingerprint density at radius 1 is 1.15 bits per heavy atom. The van der Waals surface area contributed by atoms with Crippen molar-refractivity contribution in [3.05, 3.63) is 30.3 Å². The summed E-state index contributed by atoms with van der Waals surface area (Å²) in [6.45, 7) is 4.41. The van der Waals surface area contributed by atoms with E-state index in [1.54, 1.807) is 7.11 Å². The van der Waals surface area contributed by atoms with Crippen molar-refractivity contribution >= 4 is 23.5 Å². The minimum absolute atomic E-state index is 0.765. The lowest BCUT2D eigenvalue weighted by molar-refractivity contribution is 0.366. The fourth-order valence-electron chi connectivity index (χ4n) is 1.13. The van der Waals surface area contributed by atoms with E-state index in [-0.39, 0.29) is 0 Å². The molecule has 0 aliphatic rings. The molecule has 4 heteroatoms. The Morgan fingerprint density at radius 2 is 1.77 bits per heavy atom. The molecule has 0 N–H and O–H groups in total. The SMILES string of the molecule is CO[SiH2]O[Si](C)(C)c1ccccc1. The van der Waals surface area contributed by atoms with Crippen LogP contribution in [-0.2, 0) is 8.54 Å². The van der Waals surface area contributed by atoms with Gasteiger partial charge in [0.05, 0.1) is 0 Å². The van der Waals surface area contributed by atoms with Crippen LogP contribution in [0.3, 0.4) is 0 Å². The molecule has 1 aromatic carbocycles. The van der Waals surface area contributed by atoms with Crippen LogP contribution in [0.25, 0.3) is 0 Å². The second-order valence-electron chi connectivity index (χ2n) is 3.43. The highest BCUT2D eigenvalue weighted by Crippen LogP contribution is 2.03. The molecule has 0 bridgehead atoms. The molecule has 0 atom stereocenters. The van der Waals surface area contributed by atoms with Gasteiger partial charge in [-0.3, -0.25) is 0 Å². The topological polar surface area (TPSA) is 18.5 Å². The quantitative estimate of drug-likeness (QED) is 0.686. The van der Waals surface area contributed by atoms with E-state index in [0.29, 0.717) is 0 Å². The lowest BCUT2D eigenvalue weighted by atomic mass is 10.4. The summed E-state index contributed by atoms with van der Waals surface area (Å²) in [6, 6.07) is 10.4. The van der Waals surface area contributed by atoms with Crippen molar-refractivity contribution < 1.29 is 8.54 Å². The first-order valence-electron chi connectivity index (χ1n) is 4.35. The summed E-state index contributed by atoms with van der Waals surface area (Å²) in [4.78, 5) is 0.